The highest BCUT2D eigenvalue weighted by molar-refractivity contribution is 5.90. The Labute approximate surface area is 128 Å². The number of ether oxygens (including phenoxy) is 2. The van der Waals surface area contributed by atoms with E-state index in [-0.39, 0.29) is 11.7 Å². The molecule has 1 aliphatic heterocycles. The molecule has 0 saturated heterocycles. The number of carboxylic acid groups (broad SMARTS) is 1. The van der Waals surface area contributed by atoms with Crippen LogP contribution < -0.4 is 14.4 Å². The molecule has 5 heteroatoms. The van der Waals surface area contributed by atoms with E-state index in [4.69, 9.17) is 14.6 Å². The van der Waals surface area contributed by atoms with Gasteiger partial charge in [0.1, 0.15) is 29.8 Å². The summed E-state index contributed by atoms with van der Waals surface area (Å²) in [7, 11) is 2.00. The van der Waals surface area contributed by atoms with Gasteiger partial charge in [-0.05, 0) is 24.3 Å². The zero-order valence-electron chi connectivity index (χ0n) is 12.2. The summed E-state index contributed by atoms with van der Waals surface area (Å²) in [4.78, 5) is 13.3. The maximum Gasteiger partial charge on any atom is 0.339 e. The van der Waals surface area contributed by atoms with Crippen molar-refractivity contribution in [3.63, 3.8) is 0 Å². The molecule has 0 fully saturated rings. The number of para-hydroxylation sites is 3. The number of carbonyl (C=O) groups is 1. The van der Waals surface area contributed by atoms with Gasteiger partial charge in [0.05, 0.1) is 12.2 Å². The molecule has 0 spiro atoms. The first-order valence-corrected chi connectivity index (χ1v) is 7.07. The summed E-state index contributed by atoms with van der Waals surface area (Å²) in [5.74, 6) is 0.180. The summed E-state index contributed by atoms with van der Waals surface area (Å²) in [5, 5.41) is 9.16. The molecule has 22 heavy (non-hydrogen) atoms. The van der Waals surface area contributed by atoms with E-state index < -0.39 is 5.97 Å². The van der Waals surface area contributed by atoms with Gasteiger partial charge < -0.3 is 19.5 Å². The SMILES string of the molecule is CN1C[C@@H](COc2ccccc2C(=O)O)Oc2ccccc21. The summed E-state index contributed by atoms with van der Waals surface area (Å²) in [6.07, 6.45) is -0.151. The highest BCUT2D eigenvalue weighted by Gasteiger charge is 2.24. The lowest BCUT2D eigenvalue weighted by atomic mass is 10.2. The Balaban J connectivity index is 1.70. The third-order valence-electron chi connectivity index (χ3n) is 3.59. The van der Waals surface area contributed by atoms with Crippen molar-refractivity contribution in [2.45, 2.75) is 6.10 Å². The van der Waals surface area contributed by atoms with Crippen LogP contribution in [-0.2, 0) is 0 Å². The first-order chi connectivity index (χ1) is 10.6. The lowest BCUT2D eigenvalue weighted by Gasteiger charge is -2.33. The molecule has 5 nitrogen and oxygen atoms in total. The van der Waals surface area contributed by atoms with Crippen molar-refractivity contribution in [1.82, 2.24) is 0 Å². The van der Waals surface area contributed by atoms with E-state index in [9.17, 15) is 4.79 Å². The highest BCUT2D eigenvalue weighted by atomic mass is 16.5. The number of hydrogen-bond acceptors (Lipinski definition) is 4. The molecule has 114 valence electrons. The third kappa shape index (κ3) is 2.83. The average Bonchev–Trinajstić information content (AvgIpc) is 2.53. The van der Waals surface area contributed by atoms with Crippen LogP contribution in [0, 0.1) is 0 Å². The van der Waals surface area contributed by atoms with E-state index in [1.165, 1.54) is 6.07 Å². The van der Waals surface area contributed by atoms with Crippen LogP contribution in [0.5, 0.6) is 11.5 Å². The number of hydrogen-bond donors (Lipinski definition) is 1. The van der Waals surface area contributed by atoms with Crippen LogP contribution in [-0.4, -0.2) is 37.4 Å². The lowest BCUT2D eigenvalue weighted by molar-refractivity contribution is 0.0687. The van der Waals surface area contributed by atoms with Gasteiger partial charge in [0, 0.05) is 7.05 Å². The van der Waals surface area contributed by atoms with Crippen LogP contribution in [0.25, 0.3) is 0 Å². The quantitative estimate of drug-likeness (QED) is 0.940. The van der Waals surface area contributed by atoms with E-state index in [0.29, 0.717) is 18.9 Å². The smallest absolute Gasteiger partial charge is 0.339 e. The first kappa shape index (κ1) is 14.3. The summed E-state index contributed by atoms with van der Waals surface area (Å²) in [5.41, 5.74) is 1.21. The molecular formula is C17H17NO4. The second-order valence-corrected chi connectivity index (χ2v) is 5.20. The van der Waals surface area contributed by atoms with E-state index in [1.807, 2.05) is 31.3 Å². The summed E-state index contributed by atoms with van der Waals surface area (Å²) < 4.78 is 11.6. The van der Waals surface area contributed by atoms with Gasteiger partial charge in [-0.25, -0.2) is 4.79 Å². The molecule has 1 aliphatic rings. The minimum absolute atomic E-state index is 0.151. The van der Waals surface area contributed by atoms with Crippen molar-refractivity contribution in [2.24, 2.45) is 0 Å². The van der Waals surface area contributed by atoms with Gasteiger partial charge in [-0.2, -0.15) is 0 Å². The normalized spacial score (nSPS) is 16.6. The molecule has 0 aliphatic carbocycles. The number of nitrogens with zero attached hydrogens (tertiary/aromatic N) is 1. The third-order valence-corrected chi connectivity index (χ3v) is 3.59. The van der Waals surface area contributed by atoms with E-state index in [0.717, 1.165) is 11.4 Å². The van der Waals surface area contributed by atoms with Crippen LogP contribution in [0.2, 0.25) is 0 Å². The maximum atomic E-state index is 11.2. The number of benzene rings is 2. The molecule has 1 N–H and O–H groups in total. The number of likely N-dealkylation sites (N-methyl/N-ethyl adjacent to an activating group) is 1. The minimum Gasteiger partial charge on any atom is -0.489 e. The molecule has 0 aromatic heterocycles. The predicted octanol–water partition coefficient (Wildman–Crippen LogP) is 2.66. The van der Waals surface area contributed by atoms with E-state index in [1.54, 1.807) is 18.2 Å². The maximum absolute atomic E-state index is 11.2. The summed E-state index contributed by atoms with van der Waals surface area (Å²) >= 11 is 0. The van der Waals surface area contributed by atoms with Gasteiger partial charge in [0.2, 0.25) is 0 Å². The Morgan fingerprint density at radius 3 is 2.82 bits per heavy atom. The molecule has 0 unspecified atom stereocenters. The first-order valence-electron chi connectivity index (χ1n) is 7.07. The van der Waals surface area contributed by atoms with Crippen LogP contribution in [0.4, 0.5) is 5.69 Å². The Kier molecular flexibility index (Phi) is 3.87. The predicted molar refractivity (Wildman–Crippen MR) is 83.0 cm³/mol. The van der Waals surface area contributed by atoms with Gasteiger partial charge >= 0.3 is 5.97 Å². The van der Waals surface area contributed by atoms with Gasteiger partial charge in [-0.15, -0.1) is 0 Å². The minimum atomic E-state index is -0.998. The van der Waals surface area contributed by atoms with Crippen molar-refractivity contribution in [2.75, 3.05) is 25.1 Å². The molecule has 0 saturated carbocycles. The molecular weight excluding hydrogens is 282 g/mol. The summed E-state index contributed by atoms with van der Waals surface area (Å²) in [6, 6.07) is 14.4. The van der Waals surface area contributed by atoms with Crippen molar-refractivity contribution in [1.29, 1.82) is 0 Å². The molecule has 2 aromatic rings. The fraction of sp³-hybridized carbons (Fsp3) is 0.235. The Bertz CT molecular complexity index is 686. The average molecular weight is 299 g/mol. The zero-order valence-corrected chi connectivity index (χ0v) is 12.2. The van der Waals surface area contributed by atoms with Crippen LogP contribution in [0.1, 0.15) is 10.4 Å². The number of anilines is 1. The topological polar surface area (TPSA) is 59.0 Å². The zero-order chi connectivity index (χ0) is 15.5. The molecule has 0 amide bonds. The largest absolute Gasteiger partial charge is 0.489 e. The van der Waals surface area contributed by atoms with E-state index in [2.05, 4.69) is 4.90 Å². The van der Waals surface area contributed by atoms with Gasteiger partial charge in [0.15, 0.2) is 0 Å². The standard InChI is InChI=1S/C17H17NO4/c1-18-10-12(22-16-9-5-3-7-14(16)18)11-21-15-8-4-2-6-13(15)17(19)20/h2-9,12H,10-11H2,1H3,(H,19,20)/t12-/m0/s1. The Morgan fingerprint density at radius 2 is 2.00 bits per heavy atom. The van der Waals surface area contributed by atoms with Crippen LogP contribution >= 0.6 is 0 Å². The number of fused-ring (bicyclic) bond motifs is 1. The second kappa shape index (κ2) is 5.97. The van der Waals surface area contributed by atoms with Crippen LogP contribution in [0.3, 0.4) is 0 Å². The molecule has 0 bridgehead atoms. The molecule has 1 heterocycles. The van der Waals surface area contributed by atoms with Crippen molar-refractivity contribution in [3.8, 4) is 11.5 Å². The van der Waals surface area contributed by atoms with Crippen LogP contribution in [0.15, 0.2) is 48.5 Å². The monoisotopic (exact) mass is 299 g/mol. The lowest BCUT2D eigenvalue weighted by Crippen LogP contribution is -2.41. The fourth-order valence-electron chi connectivity index (χ4n) is 2.53. The van der Waals surface area contributed by atoms with Gasteiger partial charge in [-0.1, -0.05) is 24.3 Å². The molecule has 2 aromatic carbocycles. The number of rotatable bonds is 4. The Hall–Kier alpha value is -2.69. The van der Waals surface area contributed by atoms with Gasteiger partial charge in [0.25, 0.3) is 0 Å². The highest BCUT2D eigenvalue weighted by Crippen LogP contribution is 2.32. The van der Waals surface area contributed by atoms with Gasteiger partial charge in [-0.3, -0.25) is 0 Å². The van der Waals surface area contributed by atoms with E-state index >= 15 is 0 Å². The summed E-state index contributed by atoms with van der Waals surface area (Å²) in [6.45, 7) is 0.981. The Morgan fingerprint density at radius 1 is 1.27 bits per heavy atom. The molecule has 3 rings (SSSR count). The number of aromatic carboxylic acids is 1. The molecule has 0 radical (unpaired) electrons. The second-order valence-electron chi connectivity index (χ2n) is 5.20. The number of carboxylic acids is 1. The van der Waals surface area contributed by atoms with Crippen molar-refractivity contribution in [3.05, 3.63) is 54.1 Å². The van der Waals surface area contributed by atoms with Crippen molar-refractivity contribution < 1.29 is 19.4 Å². The molecule has 1 atom stereocenters. The fourth-order valence-corrected chi connectivity index (χ4v) is 2.53. The van der Waals surface area contributed by atoms with Crippen molar-refractivity contribution >= 4 is 11.7 Å².